The fourth-order valence-electron chi connectivity index (χ4n) is 1.90. The van der Waals surface area contributed by atoms with E-state index >= 15 is 0 Å². The predicted octanol–water partition coefficient (Wildman–Crippen LogP) is 4.09. The van der Waals surface area contributed by atoms with E-state index in [1.807, 2.05) is 48.5 Å². The Labute approximate surface area is 146 Å². The minimum absolute atomic E-state index is 0.340. The van der Waals surface area contributed by atoms with Gasteiger partial charge in [0.05, 0.1) is 17.5 Å². The van der Waals surface area contributed by atoms with Gasteiger partial charge in [-0.05, 0) is 54.2 Å². The Hall–Kier alpha value is -2.99. The number of hydrogen-bond acceptors (Lipinski definition) is 4. The average Bonchev–Trinajstić information content (AvgIpc) is 2.62. The van der Waals surface area contributed by atoms with Gasteiger partial charge >= 0.3 is 5.97 Å². The monoisotopic (exact) mass is 333 g/mol. The molecule has 0 spiro atoms. The number of nitrogens with zero attached hydrogens (tertiary/aromatic N) is 1. The summed E-state index contributed by atoms with van der Waals surface area (Å²) in [5.41, 5.74) is 3.67. The minimum atomic E-state index is -0.403. The van der Waals surface area contributed by atoms with Crippen LogP contribution in [0.25, 0.3) is 0 Å². The first-order chi connectivity index (χ1) is 11.7. The molecule has 3 nitrogen and oxygen atoms in total. The van der Waals surface area contributed by atoms with Crippen LogP contribution in [0.5, 0.6) is 0 Å². The van der Waals surface area contributed by atoms with Gasteiger partial charge < -0.3 is 4.74 Å². The number of ether oxygens (including phenoxy) is 1. The first-order valence-corrected chi connectivity index (χ1v) is 7.70. The zero-order valence-electron chi connectivity index (χ0n) is 13.0. The lowest BCUT2D eigenvalue weighted by Crippen LogP contribution is -2.04. The fourth-order valence-corrected chi connectivity index (χ4v) is 2.00. The molecule has 118 valence electrons. The smallest absolute Gasteiger partial charge is 0.330 e. The van der Waals surface area contributed by atoms with E-state index in [0.717, 1.165) is 28.5 Å². The third-order valence-corrected chi connectivity index (χ3v) is 3.24. The maximum absolute atomic E-state index is 11.0. The van der Waals surface area contributed by atoms with Crippen molar-refractivity contribution in [1.29, 1.82) is 0 Å². The summed E-state index contributed by atoms with van der Waals surface area (Å²) in [5.74, 6) is 5.80. The maximum Gasteiger partial charge on any atom is 0.330 e. The predicted molar refractivity (Wildman–Crippen MR) is 98.4 cm³/mol. The number of carbonyl (C=O) groups is 1. The Morgan fingerprint density at radius 1 is 1.08 bits per heavy atom. The fraction of sp³-hybridized carbons (Fsp3) is 0.100. The van der Waals surface area contributed by atoms with Crippen molar-refractivity contribution in [2.24, 2.45) is 4.99 Å². The SMILES string of the molecule is C=CC(=O)OCCc1ccc(C#Cc2ccc(N=C=S)cc2)cc1. The van der Waals surface area contributed by atoms with E-state index in [4.69, 9.17) is 4.74 Å². The number of aliphatic imine (C=N–C) groups is 1. The zero-order valence-corrected chi connectivity index (χ0v) is 13.8. The second-order valence-electron chi connectivity index (χ2n) is 4.82. The highest BCUT2D eigenvalue weighted by molar-refractivity contribution is 7.78. The van der Waals surface area contributed by atoms with Crippen LogP contribution in [0.4, 0.5) is 5.69 Å². The van der Waals surface area contributed by atoms with Gasteiger partial charge in [0.15, 0.2) is 0 Å². The van der Waals surface area contributed by atoms with Gasteiger partial charge in [0.2, 0.25) is 0 Å². The Kier molecular flexibility index (Phi) is 6.67. The lowest BCUT2D eigenvalue weighted by Gasteiger charge is -2.02. The third kappa shape index (κ3) is 5.66. The molecule has 0 aliphatic heterocycles. The van der Waals surface area contributed by atoms with E-state index in [1.165, 1.54) is 0 Å². The first-order valence-electron chi connectivity index (χ1n) is 7.29. The molecule has 0 saturated carbocycles. The quantitative estimate of drug-likeness (QED) is 0.272. The van der Waals surface area contributed by atoms with Crippen molar-refractivity contribution in [2.45, 2.75) is 6.42 Å². The van der Waals surface area contributed by atoms with E-state index in [9.17, 15) is 4.79 Å². The summed E-state index contributed by atoms with van der Waals surface area (Å²) in [5, 5.41) is 2.33. The summed E-state index contributed by atoms with van der Waals surface area (Å²) >= 11 is 4.56. The largest absolute Gasteiger partial charge is 0.462 e. The van der Waals surface area contributed by atoms with Crippen molar-refractivity contribution in [3.05, 3.63) is 77.9 Å². The summed E-state index contributed by atoms with van der Waals surface area (Å²) in [6.07, 6.45) is 1.82. The van der Waals surface area contributed by atoms with Crippen molar-refractivity contribution in [3.8, 4) is 11.8 Å². The van der Waals surface area contributed by atoms with Crippen LogP contribution in [0.3, 0.4) is 0 Å². The van der Waals surface area contributed by atoms with Crippen LogP contribution >= 0.6 is 12.2 Å². The molecule has 0 saturated heterocycles. The Morgan fingerprint density at radius 2 is 1.67 bits per heavy atom. The molecule has 4 heteroatoms. The van der Waals surface area contributed by atoms with Crippen LogP contribution in [-0.4, -0.2) is 17.7 Å². The average molecular weight is 333 g/mol. The molecule has 0 unspecified atom stereocenters. The molecule has 0 fully saturated rings. The number of carbonyl (C=O) groups excluding carboxylic acids is 1. The molecular formula is C20H15NO2S. The van der Waals surface area contributed by atoms with Gasteiger partial charge in [-0.1, -0.05) is 30.6 Å². The van der Waals surface area contributed by atoms with E-state index in [0.29, 0.717) is 13.0 Å². The summed E-state index contributed by atoms with van der Waals surface area (Å²) < 4.78 is 4.95. The molecule has 2 rings (SSSR count). The lowest BCUT2D eigenvalue weighted by atomic mass is 10.1. The normalized spacial score (nSPS) is 9.17. The van der Waals surface area contributed by atoms with E-state index in [-0.39, 0.29) is 0 Å². The van der Waals surface area contributed by atoms with Crippen LogP contribution < -0.4 is 0 Å². The Bertz CT molecular complexity index is 821. The summed E-state index contributed by atoms with van der Waals surface area (Å²) in [6, 6.07) is 15.3. The topological polar surface area (TPSA) is 38.7 Å². The molecule has 0 aliphatic rings. The van der Waals surface area contributed by atoms with Gasteiger partial charge in [0, 0.05) is 23.6 Å². The highest BCUT2D eigenvalue weighted by atomic mass is 32.1. The number of benzene rings is 2. The number of thiocarbonyl (C=S) groups is 1. The lowest BCUT2D eigenvalue weighted by molar-refractivity contribution is -0.137. The first kappa shape index (κ1) is 17.4. The molecule has 0 atom stereocenters. The summed E-state index contributed by atoms with van der Waals surface area (Å²) in [7, 11) is 0. The standard InChI is InChI=1S/C20H15NO2S/c1-2-20(22)23-14-13-18-7-5-16(6-8-18)3-4-17-9-11-19(12-10-17)21-15-24/h2,5-12H,1,13-14H2. The van der Waals surface area contributed by atoms with Gasteiger partial charge in [-0.2, -0.15) is 4.99 Å². The van der Waals surface area contributed by atoms with Crippen molar-refractivity contribution in [2.75, 3.05) is 6.61 Å². The highest BCUT2D eigenvalue weighted by Crippen LogP contribution is 2.11. The van der Waals surface area contributed by atoms with Crippen LogP contribution in [0.15, 0.2) is 66.2 Å². The third-order valence-electron chi connectivity index (χ3n) is 3.15. The van der Waals surface area contributed by atoms with Crippen LogP contribution in [0.1, 0.15) is 16.7 Å². The molecule has 0 radical (unpaired) electrons. The molecule has 24 heavy (non-hydrogen) atoms. The van der Waals surface area contributed by atoms with Gasteiger partial charge in [0.25, 0.3) is 0 Å². The Balaban J connectivity index is 1.95. The van der Waals surface area contributed by atoms with Crippen molar-refractivity contribution in [3.63, 3.8) is 0 Å². The van der Waals surface area contributed by atoms with Gasteiger partial charge in [-0.3, -0.25) is 0 Å². The van der Waals surface area contributed by atoms with Crippen LogP contribution in [-0.2, 0) is 16.0 Å². The molecule has 0 N–H and O–H groups in total. The number of rotatable bonds is 5. The molecule has 2 aromatic carbocycles. The number of hydrogen-bond donors (Lipinski definition) is 0. The summed E-state index contributed by atoms with van der Waals surface area (Å²) in [6.45, 7) is 3.69. The zero-order chi connectivity index (χ0) is 17.2. The second kappa shape index (κ2) is 9.22. The minimum Gasteiger partial charge on any atom is -0.462 e. The molecule has 0 aromatic heterocycles. The molecule has 0 amide bonds. The van der Waals surface area contributed by atoms with Crippen molar-refractivity contribution >= 4 is 29.0 Å². The van der Waals surface area contributed by atoms with Crippen molar-refractivity contribution in [1.82, 2.24) is 0 Å². The highest BCUT2D eigenvalue weighted by Gasteiger charge is 1.97. The number of esters is 1. The molecule has 2 aromatic rings. The van der Waals surface area contributed by atoms with Crippen LogP contribution in [0.2, 0.25) is 0 Å². The molecule has 0 aliphatic carbocycles. The number of isothiocyanates is 1. The van der Waals surface area contributed by atoms with Gasteiger partial charge in [-0.15, -0.1) is 0 Å². The van der Waals surface area contributed by atoms with E-state index in [1.54, 1.807) is 0 Å². The van der Waals surface area contributed by atoms with Crippen LogP contribution in [0, 0.1) is 11.8 Å². The maximum atomic E-state index is 11.0. The van der Waals surface area contributed by atoms with Gasteiger partial charge in [0.1, 0.15) is 0 Å². The van der Waals surface area contributed by atoms with E-state index in [2.05, 4.69) is 40.8 Å². The second-order valence-corrected chi connectivity index (χ2v) is 5.00. The molecule has 0 bridgehead atoms. The van der Waals surface area contributed by atoms with Gasteiger partial charge in [-0.25, -0.2) is 4.79 Å². The molecule has 0 heterocycles. The van der Waals surface area contributed by atoms with E-state index < -0.39 is 5.97 Å². The molecular weight excluding hydrogens is 318 g/mol. The Morgan fingerprint density at radius 3 is 2.21 bits per heavy atom. The summed E-state index contributed by atoms with van der Waals surface area (Å²) in [4.78, 5) is 14.9. The van der Waals surface area contributed by atoms with Crippen molar-refractivity contribution < 1.29 is 9.53 Å².